The van der Waals surface area contributed by atoms with Crippen molar-refractivity contribution < 1.29 is 152 Å². The van der Waals surface area contributed by atoms with Gasteiger partial charge in [0.15, 0.2) is 0 Å². The summed E-state index contributed by atoms with van der Waals surface area (Å²) in [6.45, 7) is 6.70. The third kappa shape index (κ3) is 31.3. The van der Waals surface area contributed by atoms with Crippen LogP contribution >= 0.6 is 0 Å². The molecular formula is C61H95N7O31. The van der Waals surface area contributed by atoms with Crippen LogP contribution in [0.4, 0.5) is 0 Å². The van der Waals surface area contributed by atoms with Gasteiger partial charge >= 0.3 is 71.6 Å². The molecule has 0 aromatic heterocycles. The molecule has 0 radical (unpaired) electrons. The number of nitrogens with two attached hydrogens (primary N) is 4. The Labute approximate surface area is 567 Å². The summed E-state index contributed by atoms with van der Waals surface area (Å²) in [6, 6.07) is -7.23. The van der Waals surface area contributed by atoms with Gasteiger partial charge in [0, 0.05) is 57.3 Å². The first-order chi connectivity index (χ1) is 45.7. The molecule has 1 saturated heterocycles. The molecule has 9 atom stereocenters. The Kier molecular flexibility index (Phi) is 41.2. The number of aliphatic carboxylic acids is 10. The number of ketones is 4. The van der Waals surface area contributed by atoms with Crippen molar-refractivity contribution in [2.24, 2.45) is 46.6 Å². The van der Waals surface area contributed by atoms with Gasteiger partial charge in [0.25, 0.3) is 0 Å². The maximum absolute atomic E-state index is 14.6. The lowest BCUT2D eigenvalue weighted by Crippen LogP contribution is -2.73. The fourth-order valence-electron chi connectivity index (χ4n) is 11.1. The van der Waals surface area contributed by atoms with Gasteiger partial charge in [-0.05, 0) is 116 Å². The van der Waals surface area contributed by atoms with Crippen LogP contribution in [0, 0.1) is 23.7 Å². The van der Waals surface area contributed by atoms with E-state index in [0.717, 1.165) is 32.7 Å². The number of ether oxygens (including phenoxy) is 2. The van der Waals surface area contributed by atoms with Crippen LogP contribution in [-0.2, 0) is 101 Å². The van der Waals surface area contributed by atoms with E-state index in [0.29, 0.717) is 30.1 Å². The minimum Gasteiger partial charge on any atom is -0.481 e. The third-order valence-corrected chi connectivity index (χ3v) is 16.2. The smallest absolute Gasteiger partial charge is 0.372 e. The molecule has 0 aromatic rings. The molecule has 3 amide bonds. The number of amides is 3. The Hall–Kier alpha value is -9.43. The number of carbonyl (C=O) groups excluding carboxylic acids is 9. The van der Waals surface area contributed by atoms with Gasteiger partial charge in [-0.3, -0.25) is 62.4 Å². The van der Waals surface area contributed by atoms with Gasteiger partial charge in [-0.1, -0.05) is 40.5 Å². The second kappa shape index (κ2) is 44.5. The van der Waals surface area contributed by atoms with Crippen LogP contribution in [-0.4, -0.2) is 229 Å². The largest absolute Gasteiger partial charge is 0.481 e. The van der Waals surface area contributed by atoms with Crippen molar-refractivity contribution in [1.29, 1.82) is 0 Å². The normalized spacial score (nSPS) is 16.7. The van der Waals surface area contributed by atoms with Crippen molar-refractivity contribution >= 4 is 112 Å². The highest BCUT2D eigenvalue weighted by molar-refractivity contribution is 6.33. The van der Waals surface area contributed by atoms with E-state index >= 15 is 0 Å². The number of primary amides is 2. The van der Waals surface area contributed by atoms with Crippen LogP contribution in [0.25, 0.3) is 0 Å². The van der Waals surface area contributed by atoms with E-state index in [9.17, 15) is 127 Å². The van der Waals surface area contributed by atoms with Crippen molar-refractivity contribution in [2.45, 2.75) is 229 Å². The first-order valence-electron chi connectivity index (χ1n) is 31.4. The van der Waals surface area contributed by atoms with Crippen LogP contribution in [0.15, 0.2) is 0 Å². The summed E-state index contributed by atoms with van der Waals surface area (Å²) >= 11 is 0. The van der Waals surface area contributed by atoms with Crippen molar-refractivity contribution in [3.63, 3.8) is 0 Å². The van der Waals surface area contributed by atoms with Gasteiger partial charge in [0.1, 0.15) is 29.7 Å². The minimum atomic E-state index is -3.43. The van der Waals surface area contributed by atoms with Gasteiger partial charge in [0.2, 0.25) is 52.1 Å². The molecule has 1 unspecified atom stereocenters. The zero-order chi connectivity index (χ0) is 77.0. The molecule has 1 aliphatic carbocycles. The summed E-state index contributed by atoms with van der Waals surface area (Å²) < 4.78 is 11.3. The van der Waals surface area contributed by atoms with E-state index in [4.69, 9.17) is 47.7 Å². The van der Waals surface area contributed by atoms with E-state index in [1.54, 1.807) is 7.05 Å². The maximum atomic E-state index is 14.6. The molecule has 560 valence electrons. The van der Waals surface area contributed by atoms with E-state index in [1.165, 1.54) is 13.8 Å². The zero-order valence-corrected chi connectivity index (χ0v) is 56.0. The molecule has 0 aromatic carbocycles. The standard InChI is InChI=1S/C43H63N5O24.C7H15NO2.C6H10O2.C5H7NO3/c1-21(2)20-41(38(65)66,28(12-4-8-24(49)32(55)56)42(39(67)68,18-6-10-26(51)34(59)60)71-36(63)22(44)14-16-30(46)53)48(3)29(13-5-9-25(50)33(57)58)43(40(69)70,19-7-11-27(52)35(61)62)72-37(64)23(45)15-17-31(47)54;1-5(2)4-6(8-3)7(9)10;7-6(8)5-3-1-2-4-5;7-4-2-1-3(6-4)5(8)9/h21-23,28-29H,4-20,44-45H2,1-3H3,(H2,46,53)(H2,47,54)(H,55,56)(H,57,58)(H,59,60)(H,61,62)(H,65,66)(H,67,68)(H,69,70);5-6,8H,4H2,1-3H3,(H,9,10);5H,1-4H2,(H,7,8);3H,1-2H2,(H,6,7)(H,8,9)/t22-,23-,28?,29-,41-,42+,43+;6-;;3-/m00.0/s1. The third-order valence-electron chi connectivity index (χ3n) is 16.2. The highest BCUT2D eigenvalue weighted by Crippen LogP contribution is 2.49. The topological polar surface area (TPSA) is 676 Å². The molecule has 99 heavy (non-hydrogen) atoms. The molecule has 0 bridgehead atoms. The number of carboxylic acids is 10. The summed E-state index contributed by atoms with van der Waals surface area (Å²) in [5.41, 5.74) is 12.4. The summed E-state index contributed by atoms with van der Waals surface area (Å²) in [7, 11) is 2.48. The van der Waals surface area contributed by atoms with Crippen molar-refractivity contribution in [3.8, 4) is 0 Å². The Morgan fingerprint density at radius 3 is 1.21 bits per heavy atom. The first-order valence-corrected chi connectivity index (χ1v) is 31.4. The Morgan fingerprint density at radius 2 is 0.929 bits per heavy atom. The highest BCUT2D eigenvalue weighted by atomic mass is 16.6. The lowest BCUT2D eigenvalue weighted by Gasteiger charge is -2.55. The Bertz CT molecular complexity index is 2910. The number of nitrogens with one attached hydrogen (secondary N) is 2. The van der Waals surface area contributed by atoms with Gasteiger partial charge in [0.05, 0.1) is 12.0 Å². The SMILES string of the molecule is CC(C)C[C@@](C(=O)O)(C(CCCC(=O)C(=O)O)[C@@](CCCC(=O)C(=O)O)(OC(=O)[C@@H](N)CCC(N)=O)C(=O)O)N(C)[C@@H](CCCC(=O)C(=O)O)[C@@](CCCC(=O)C(=O)O)(OC(=O)[C@@H](N)CCC(N)=O)C(=O)O.CN[C@@H](CC(C)C)C(=O)O.O=C(O)C1CCCC1.O=C1CC[C@@H](C(=O)O)N1. The first kappa shape index (κ1) is 91.6. The summed E-state index contributed by atoms with van der Waals surface area (Å²) in [4.78, 5) is 232. The van der Waals surface area contributed by atoms with Crippen molar-refractivity contribution in [2.75, 3.05) is 14.1 Å². The monoisotopic (exact) mass is 1420 g/mol. The minimum absolute atomic E-state index is 0.0185. The molecule has 38 heteroatoms. The second-order valence-corrected chi connectivity index (χ2v) is 24.5. The van der Waals surface area contributed by atoms with Crippen LogP contribution < -0.4 is 33.6 Å². The number of carbonyl (C=O) groups is 19. The Balaban J connectivity index is 0. The number of hydrogen-bond donors (Lipinski definition) is 16. The molecule has 2 fully saturated rings. The molecule has 20 N–H and O–H groups in total. The van der Waals surface area contributed by atoms with Crippen molar-refractivity contribution in [1.82, 2.24) is 15.5 Å². The summed E-state index contributed by atoms with van der Waals surface area (Å²) in [6.07, 6.45) is -9.46. The average Bonchev–Trinajstić information content (AvgIpc) is 0.879. The van der Waals surface area contributed by atoms with Crippen molar-refractivity contribution in [3.05, 3.63) is 0 Å². The lowest BCUT2D eigenvalue weighted by molar-refractivity contribution is -0.215. The highest BCUT2D eigenvalue weighted by Gasteiger charge is 2.66. The van der Waals surface area contributed by atoms with Crippen LogP contribution in [0.5, 0.6) is 0 Å². The van der Waals surface area contributed by atoms with E-state index in [1.807, 2.05) is 13.8 Å². The number of esters is 2. The molecular weight excluding hydrogens is 1330 g/mol. The predicted octanol–water partition coefficient (Wildman–Crippen LogP) is -0.697. The predicted molar refractivity (Wildman–Crippen MR) is 335 cm³/mol. The number of hydrogen-bond acceptors (Lipinski definition) is 25. The fourth-order valence-corrected chi connectivity index (χ4v) is 11.1. The number of carboxylic acid groups (broad SMARTS) is 10. The fraction of sp³-hybridized carbons (Fsp3) is 0.689. The molecule has 1 saturated carbocycles. The molecule has 1 aliphatic heterocycles. The van der Waals surface area contributed by atoms with Gasteiger partial charge < -0.3 is 94.1 Å². The summed E-state index contributed by atoms with van der Waals surface area (Å²) in [5, 5.41) is 102. The number of nitrogens with zero attached hydrogens (tertiary/aromatic N) is 1. The van der Waals surface area contributed by atoms with E-state index < -0.39 is 268 Å². The molecule has 2 rings (SSSR count). The maximum Gasteiger partial charge on any atom is 0.372 e. The molecule has 0 spiro atoms. The summed E-state index contributed by atoms with van der Waals surface area (Å²) in [5.74, 6) is -31.7. The van der Waals surface area contributed by atoms with Gasteiger partial charge in [-0.25, -0.2) is 33.6 Å². The average molecular weight is 1420 g/mol. The molecule has 2 aliphatic rings. The molecule has 38 nitrogen and oxygen atoms in total. The number of likely N-dealkylation sites (N-methyl/N-ethyl adjacent to an activating group) is 2. The van der Waals surface area contributed by atoms with Crippen LogP contribution in [0.3, 0.4) is 0 Å². The van der Waals surface area contributed by atoms with E-state index in [-0.39, 0.29) is 17.9 Å². The van der Waals surface area contributed by atoms with Gasteiger partial charge in [-0.15, -0.1) is 0 Å². The molecule has 1 heterocycles. The lowest BCUT2D eigenvalue weighted by atomic mass is 9.63. The van der Waals surface area contributed by atoms with Crippen LogP contribution in [0.2, 0.25) is 0 Å². The number of rotatable bonds is 46. The van der Waals surface area contributed by atoms with E-state index in [2.05, 4.69) is 10.6 Å². The van der Waals surface area contributed by atoms with Crippen LogP contribution in [0.1, 0.15) is 182 Å². The number of Topliss-reactive ketones (excluding diaryl/α,β-unsaturated/α-hetero) is 4. The Morgan fingerprint density at radius 1 is 0.535 bits per heavy atom. The van der Waals surface area contributed by atoms with Gasteiger partial charge in [-0.2, -0.15) is 0 Å². The quantitative estimate of drug-likeness (QED) is 0.0265. The zero-order valence-electron chi connectivity index (χ0n) is 56.0. The second-order valence-electron chi connectivity index (χ2n) is 24.5.